The van der Waals surface area contributed by atoms with Gasteiger partial charge in [0.25, 0.3) is 5.91 Å². The zero-order valence-electron chi connectivity index (χ0n) is 11.6. The molecule has 1 atom stereocenters. The Balaban J connectivity index is 2.66. The van der Waals surface area contributed by atoms with E-state index in [4.69, 9.17) is 11.6 Å². The van der Waals surface area contributed by atoms with Gasteiger partial charge >= 0.3 is 0 Å². The molecule has 0 aliphatic rings. The van der Waals surface area contributed by atoms with Crippen molar-refractivity contribution in [3.05, 3.63) is 28.8 Å². The Morgan fingerprint density at radius 2 is 2.05 bits per heavy atom. The Morgan fingerprint density at radius 1 is 1.32 bits per heavy atom. The van der Waals surface area contributed by atoms with Crippen molar-refractivity contribution in [2.24, 2.45) is 0 Å². The average Bonchev–Trinajstić information content (AvgIpc) is 2.39. The summed E-state index contributed by atoms with van der Waals surface area (Å²) in [6.45, 7) is 4.26. The van der Waals surface area contributed by atoms with Crippen LogP contribution in [-0.2, 0) is 0 Å². The zero-order valence-corrected chi connectivity index (χ0v) is 12.3. The van der Waals surface area contributed by atoms with Crippen molar-refractivity contribution in [1.82, 2.24) is 5.32 Å². The number of phenols is 1. The van der Waals surface area contributed by atoms with Gasteiger partial charge in [-0.2, -0.15) is 0 Å². The Kier molecular flexibility index (Phi) is 6.71. The first-order valence-corrected chi connectivity index (χ1v) is 7.25. The van der Waals surface area contributed by atoms with Crippen LogP contribution < -0.4 is 5.32 Å². The summed E-state index contributed by atoms with van der Waals surface area (Å²) in [7, 11) is 0. The molecule has 0 bridgehead atoms. The van der Waals surface area contributed by atoms with E-state index in [9.17, 15) is 9.90 Å². The minimum Gasteiger partial charge on any atom is -0.506 e. The highest BCUT2D eigenvalue weighted by Gasteiger charge is 2.13. The maximum absolute atomic E-state index is 12.1. The number of phenolic OH excluding ortho intramolecular Hbond substituents is 1. The smallest absolute Gasteiger partial charge is 0.251 e. The number of carbonyl (C=O) groups is 1. The summed E-state index contributed by atoms with van der Waals surface area (Å²) in [6, 6.07) is 4.73. The minimum absolute atomic E-state index is 0.00527. The number of halogens is 1. The SMILES string of the molecule is CCCCC(CCC)NC(=O)c1ccc(O)c(Cl)c1. The molecule has 3 nitrogen and oxygen atoms in total. The van der Waals surface area contributed by atoms with Crippen molar-refractivity contribution in [1.29, 1.82) is 0 Å². The quantitative estimate of drug-likeness (QED) is 0.790. The van der Waals surface area contributed by atoms with Gasteiger partial charge in [0.15, 0.2) is 0 Å². The lowest BCUT2D eigenvalue weighted by Crippen LogP contribution is -2.34. The molecule has 1 aromatic rings. The van der Waals surface area contributed by atoms with Crippen LogP contribution in [0.3, 0.4) is 0 Å². The number of unbranched alkanes of at least 4 members (excludes halogenated alkanes) is 1. The summed E-state index contributed by atoms with van der Waals surface area (Å²) < 4.78 is 0. The van der Waals surface area contributed by atoms with Gasteiger partial charge in [-0.3, -0.25) is 4.79 Å². The summed E-state index contributed by atoms with van der Waals surface area (Å²) in [4.78, 5) is 12.1. The summed E-state index contributed by atoms with van der Waals surface area (Å²) in [5.74, 6) is -0.134. The third-order valence-electron chi connectivity index (χ3n) is 3.09. The minimum atomic E-state index is -0.128. The second-order valence-electron chi connectivity index (χ2n) is 4.77. The molecule has 2 N–H and O–H groups in total. The lowest BCUT2D eigenvalue weighted by Gasteiger charge is -2.18. The molecule has 1 rings (SSSR count). The van der Waals surface area contributed by atoms with Crippen molar-refractivity contribution in [2.45, 2.75) is 52.0 Å². The van der Waals surface area contributed by atoms with Crippen LogP contribution in [0.25, 0.3) is 0 Å². The van der Waals surface area contributed by atoms with Crippen LogP contribution >= 0.6 is 11.6 Å². The maximum atomic E-state index is 12.1. The topological polar surface area (TPSA) is 49.3 Å². The third kappa shape index (κ3) is 5.11. The van der Waals surface area contributed by atoms with Gasteiger partial charge in [-0.15, -0.1) is 0 Å². The normalized spacial score (nSPS) is 12.2. The third-order valence-corrected chi connectivity index (χ3v) is 3.39. The first-order chi connectivity index (χ1) is 9.08. The maximum Gasteiger partial charge on any atom is 0.251 e. The number of hydrogen-bond donors (Lipinski definition) is 2. The van der Waals surface area contributed by atoms with Crippen molar-refractivity contribution in [2.75, 3.05) is 0 Å². The number of nitrogens with one attached hydrogen (secondary N) is 1. The van der Waals surface area contributed by atoms with Gasteiger partial charge in [-0.05, 0) is 31.0 Å². The number of aromatic hydroxyl groups is 1. The second kappa shape index (κ2) is 8.05. The number of benzene rings is 1. The van der Waals surface area contributed by atoms with Crippen LogP contribution in [0.15, 0.2) is 18.2 Å². The molecule has 1 aromatic carbocycles. The largest absolute Gasteiger partial charge is 0.506 e. The Bertz CT molecular complexity index is 421. The van der Waals surface area contributed by atoms with E-state index in [1.54, 1.807) is 6.07 Å². The van der Waals surface area contributed by atoms with Crippen molar-refractivity contribution < 1.29 is 9.90 Å². The lowest BCUT2D eigenvalue weighted by molar-refractivity contribution is 0.0932. The van der Waals surface area contributed by atoms with Crippen LogP contribution in [0.2, 0.25) is 5.02 Å². The summed E-state index contributed by atoms with van der Waals surface area (Å²) in [5.41, 5.74) is 0.486. The monoisotopic (exact) mass is 283 g/mol. The number of carbonyl (C=O) groups excluding carboxylic acids is 1. The van der Waals surface area contributed by atoms with Crippen LogP contribution in [0, 0.1) is 0 Å². The molecule has 0 radical (unpaired) electrons. The summed E-state index contributed by atoms with van der Waals surface area (Å²) in [6.07, 6.45) is 5.27. The highest BCUT2D eigenvalue weighted by atomic mass is 35.5. The fourth-order valence-electron chi connectivity index (χ4n) is 2.00. The van der Waals surface area contributed by atoms with E-state index in [1.807, 2.05) is 0 Å². The van der Waals surface area contributed by atoms with Crippen LogP contribution in [-0.4, -0.2) is 17.1 Å². The lowest BCUT2D eigenvalue weighted by atomic mass is 10.0. The highest BCUT2D eigenvalue weighted by molar-refractivity contribution is 6.32. The van der Waals surface area contributed by atoms with Gasteiger partial charge in [0.2, 0.25) is 0 Å². The summed E-state index contributed by atoms with van der Waals surface area (Å²) in [5, 5.41) is 12.6. The number of rotatable bonds is 7. The van der Waals surface area contributed by atoms with Gasteiger partial charge in [-0.25, -0.2) is 0 Å². The molecule has 0 saturated heterocycles. The predicted molar refractivity (Wildman–Crippen MR) is 78.8 cm³/mol. The number of hydrogen-bond acceptors (Lipinski definition) is 2. The van der Waals surface area contributed by atoms with Crippen molar-refractivity contribution >= 4 is 17.5 Å². The molecule has 19 heavy (non-hydrogen) atoms. The van der Waals surface area contributed by atoms with E-state index in [0.717, 1.165) is 32.1 Å². The molecule has 0 aromatic heterocycles. The average molecular weight is 284 g/mol. The molecular formula is C15H22ClNO2. The highest BCUT2D eigenvalue weighted by Crippen LogP contribution is 2.23. The van der Waals surface area contributed by atoms with Crippen molar-refractivity contribution in [3.8, 4) is 5.75 Å². The van der Waals surface area contributed by atoms with Crippen LogP contribution in [0.5, 0.6) is 5.75 Å². The van der Waals surface area contributed by atoms with Gasteiger partial charge in [0, 0.05) is 11.6 Å². The van der Waals surface area contributed by atoms with Gasteiger partial charge in [0.05, 0.1) is 5.02 Å². The number of amides is 1. The van der Waals surface area contributed by atoms with Gasteiger partial charge in [0.1, 0.15) is 5.75 Å². The van der Waals surface area contributed by atoms with E-state index in [-0.39, 0.29) is 22.7 Å². The van der Waals surface area contributed by atoms with E-state index in [1.165, 1.54) is 12.1 Å². The fraction of sp³-hybridized carbons (Fsp3) is 0.533. The van der Waals surface area contributed by atoms with E-state index < -0.39 is 0 Å². The zero-order chi connectivity index (χ0) is 14.3. The Morgan fingerprint density at radius 3 is 2.63 bits per heavy atom. The Hall–Kier alpha value is -1.22. The molecule has 0 heterocycles. The van der Waals surface area contributed by atoms with Crippen molar-refractivity contribution in [3.63, 3.8) is 0 Å². The van der Waals surface area contributed by atoms with Crippen LogP contribution in [0.1, 0.15) is 56.3 Å². The predicted octanol–water partition coefficient (Wildman–Crippen LogP) is 4.13. The van der Waals surface area contributed by atoms with Crippen LogP contribution in [0.4, 0.5) is 0 Å². The molecule has 106 valence electrons. The first-order valence-electron chi connectivity index (χ1n) is 6.87. The molecule has 0 saturated carbocycles. The summed E-state index contributed by atoms with van der Waals surface area (Å²) >= 11 is 5.81. The molecular weight excluding hydrogens is 262 g/mol. The second-order valence-corrected chi connectivity index (χ2v) is 5.17. The first kappa shape index (κ1) is 15.8. The van der Waals surface area contributed by atoms with E-state index >= 15 is 0 Å². The fourth-order valence-corrected chi connectivity index (χ4v) is 2.19. The molecule has 1 unspecified atom stereocenters. The molecule has 0 fully saturated rings. The molecule has 1 amide bonds. The molecule has 0 spiro atoms. The molecule has 4 heteroatoms. The molecule has 0 aliphatic carbocycles. The van der Waals surface area contributed by atoms with E-state index in [0.29, 0.717) is 5.56 Å². The van der Waals surface area contributed by atoms with E-state index in [2.05, 4.69) is 19.2 Å². The standard InChI is InChI=1S/C15H22ClNO2/c1-3-5-7-12(6-4-2)17-15(19)11-8-9-14(18)13(16)10-11/h8-10,12,18H,3-7H2,1-2H3,(H,17,19). The van der Waals surface area contributed by atoms with Gasteiger partial charge < -0.3 is 10.4 Å². The Labute approximate surface area is 120 Å². The van der Waals surface area contributed by atoms with Gasteiger partial charge in [-0.1, -0.05) is 44.7 Å². The molecule has 0 aliphatic heterocycles.